The van der Waals surface area contributed by atoms with Crippen LogP contribution in [0, 0.1) is 0 Å². The smallest absolute Gasteiger partial charge is 0.176 e. The van der Waals surface area contributed by atoms with Crippen molar-refractivity contribution in [1.82, 2.24) is 4.90 Å². The van der Waals surface area contributed by atoms with Gasteiger partial charge in [0.25, 0.3) is 0 Å². The molecule has 0 atom stereocenters. The van der Waals surface area contributed by atoms with E-state index in [-0.39, 0.29) is 11.9 Å². The number of carbonyl (C=O) groups is 1. The van der Waals surface area contributed by atoms with Gasteiger partial charge in [0.05, 0.1) is 18.3 Å². The van der Waals surface area contributed by atoms with Crippen LogP contribution >= 0.6 is 0 Å². The van der Waals surface area contributed by atoms with Gasteiger partial charge in [-0.2, -0.15) is 0 Å². The van der Waals surface area contributed by atoms with Crippen molar-refractivity contribution in [2.45, 2.75) is 45.6 Å². The zero-order valence-electron chi connectivity index (χ0n) is 13.1. The number of nitrogens with zero attached hydrogens (tertiary/aromatic N) is 1. The molecule has 0 aromatic heterocycles. The SMILES string of the molecule is CC(C)Oc1ccc(C(=O)CN2CCCCCC2)cc1N. The molecule has 2 N–H and O–H groups in total. The Morgan fingerprint density at radius 1 is 1.24 bits per heavy atom. The average molecular weight is 290 g/mol. The van der Waals surface area contributed by atoms with Crippen LogP contribution in [0.4, 0.5) is 5.69 Å². The third-order valence-corrected chi connectivity index (χ3v) is 3.76. The number of Topliss-reactive ketones (excluding diaryl/α,β-unsaturated/α-hetero) is 1. The fraction of sp³-hybridized carbons (Fsp3) is 0.588. The normalized spacial score (nSPS) is 16.7. The Balaban J connectivity index is 2.00. The van der Waals surface area contributed by atoms with Gasteiger partial charge in [-0.1, -0.05) is 12.8 Å². The fourth-order valence-electron chi connectivity index (χ4n) is 2.67. The molecule has 0 unspecified atom stereocenters. The number of likely N-dealkylation sites (tertiary alicyclic amines) is 1. The molecule has 0 aliphatic carbocycles. The van der Waals surface area contributed by atoms with Crippen molar-refractivity contribution < 1.29 is 9.53 Å². The third-order valence-electron chi connectivity index (χ3n) is 3.76. The molecule has 1 aliphatic rings. The summed E-state index contributed by atoms with van der Waals surface area (Å²) in [5.41, 5.74) is 7.18. The Morgan fingerprint density at radius 2 is 1.90 bits per heavy atom. The lowest BCUT2D eigenvalue weighted by Gasteiger charge is -2.19. The molecule has 1 aliphatic heterocycles. The van der Waals surface area contributed by atoms with Gasteiger partial charge < -0.3 is 10.5 Å². The molecule has 0 spiro atoms. The van der Waals surface area contributed by atoms with Crippen molar-refractivity contribution in [3.8, 4) is 5.75 Å². The van der Waals surface area contributed by atoms with Crippen LogP contribution in [-0.2, 0) is 0 Å². The zero-order chi connectivity index (χ0) is 15.2. The quantitative estimate of drug-likeness (QED) is 0.668. The van der Waals surface area contributed by atoms with Crippen LogP contribution < -0.4 is 10.5 Å². The van der Waals surface area contributed by atoms with Gasteiger partial charge in [-0.15, -0.1) is 0 Å². The molecule has 4 nitrogen and oxygen atoms in total. The summed E-state index contributed by atoms with van der Waals surface area (Å²) >= 11 is 0. The van der Waals surface area contributed by atoms with Gasteiger partial charge in [0.15, 0.2) is 5.78 Å². The van der Waals surface area contributed by atoms with E-state index in [4.69, 9.17) is 10.5 Å². The number of nitrogen functional groups attached to an aromatic ring is 1. The minimum Gasteiger partial charge on any atom is -0.489 e. The number of ketones is 1. The summed E-state index contributed by atoms with van der Waals surface area (Å²) < 4.78 is 5.60. The number of hydrogen-bond acceptors (Lipinski definition) is 4. The number of rotatable bonds is 5. The lowest BCUT2D eigenvalue weighted by atomic mass is 10.1. The molecule has 116 valence electrons. The summed E-state index contributed by atoms with van der Waals surface area (Å²) in [5.74, 6) is 0.788. The summed E-state index contributed by atoms with van der Waals surface area (Å²) in [6.07, 6.45) is 5.01. The second-order valence-electron chi connectivity index (χ2n) is 6.03. The van der Waals surface area contributed by atoms with Crippen LogP contribution in [0.5, 0.6) is 5.75 Å². The molecule has 21 heavy (non-hydrogen) atoms. The van der Waals surface area contributed by atoms with Gasteiger partial charge in [-0.3, -0.25) is 9.69 Å². The van der Waals surface area contributed by atoms with Crippen LogP contribution in [0.3, 0.4) is 0 Å². The van der Waals surface area contributed by atoms with E-state index in [0.717, 1.165) is 13.1 Å². The van der Waals surface area contributed by atoms with Crippen molar-refractivity contribution in [3.05, 3.63) is 23.8 Å². The van der Waals surface area contributed by atoms with Crippen molar-refractivity contribution in [3.63, 3.8) is 0 Å². The molecular weight excluding hydrogens is 264 g/mol. The topological polar surface area (TPSA) is 55.6 Å². The Kier molecular flexibility index (Phi) is 5.62. The summed E-state index contributed by atoms with van der Waals surface area (Å²) in [4.78, 5) is 14.6. The molecule has 0 amide bonds. The largest absolute Gasteiger partial charge is 0.489 e. The van der Waals surface area contributed by atoms with Gasteiger partial charge in [0.1, 0.15) is 5.75 Å². The molecule has 1 heterocycles. The Hall–Kier alpha value is -1.55. The van der Waals surface area contributed by atoms with E-state index in [9.17, 15) is 4.79 Å². The minimum atomic E-state index is 0.0750. The Labute approximate surface area is 127 Å². The number of nitrogens with two attached hydrogens (primary N) is 1. The van der Waals surface area contributed by atoms with Crippen LogP contribution in [0.15, 0.2) is 18.2 Å². The van der Waals surface area contributed by atoms with Gasteiger partial charge in [0.2, 0.25) is 0 Å². The summed E-state index contributed by atoms with van der Waals surface area (Å²) in [7, 11) is 0. The molecule has 1 aromatic carbocycles. The van der Waals surface area contributed by atoms with Gasteiger partial charge in [-0.25, -0.2) is 0 Å². The van der Waals surface area contributed by atoms with E-state index < -0.39 is 0 Å². The van der Waals surface area contributed by atoms with E-state index in [1.54, 1.807) is 12.1 Å². The van der Waals surface area contributed by atoms with E-state index in [1.165, 1.54) is 25.7 Å². The molecule has 1 saturated heterocycles. The standard InChI is InChI=1S/C17H26N2O2/c1-13(2)21-17-8-7-14(11-15(17)18)16(20)12-19-9-5-3-4-6-10-19/h7-8,11,13H,3-6,9-10,12,18H2,1-2H3. The van der Waals surface area contributed by atoms with Crippen LogP contribution in [-0.4, -0.2) is 36.4 Å². The predicted molar refractivity (Wildman–Crippen MR) is 85.9 cm³/mol. The molecule has 1 aromatic rings. The summed E-state index contributed by atoms with van der Waals surface area (Å²) in [6.45, 7) is 6.45. The van der Waals surface area contributed by atoms with E-state index in [2.05, 4.69) is 4.90 Å². The maximum absolute atomic E-state index is 12.4. The first kappa shape index (κ1) is 15.8. The molecule has 0 bridgehead atoms. The highest BCUT2D eigenvalue weighted by atomic mass is 16.5. The van der Waals surface area contributed by atoms with E-state index >= 15 is 0 Å². The summed E-state index contributed by atoms with van der Waals surface area (Å²) in [6, 6.07) is 5.34. The second-order valence-corrected chi connectivity index (χ2v) is 6.03. The Morgan fingerprint density at radius 3 is 2.48 bits per heavy atom. The molecule has 0 saturated carbocycles. The highest BCUT2D eigenvalue weighted by Gasteiger charge is 2.15. The third kappa shape index (κ3) is 4.74. The van der Waals surface area contributed by atoms with Crippen LogP contribution in [0.25, 0.3) is 0 Å². The van der Waals surface area contributed by atoms with Crippen molar-refractivity contribution >= 4 is 11.5 Å². The first-order chi connectivity index (χ1) is 10.1. The predicted octanol–water partition coefficient (Wildman–Crippen LogP) is 3.11. The average Bonchev–Trinajstić information content (AvgIpc) is 2.69. The molecule has 1 fully saturated rings. The number of carbonyl (C=O) groups excluding carboxylic acids is 1. The second kappa shape index (κ2) is 7.46. The van der Waals surface area contributed by atoms with E-state index in [0.29, 0.717) is 23.5 Å². The minimum absolute atomic E-state index is 0.0750. The lowest BCUT2D eigenvalue weighted by Crippen LogP contribution is -2.30. The zero-order valence-corrected chi connectivity index (χ0v) is 13.1. The molecule has 2 rings (SSSR count). The van der Waals surface area contributed by atoms with Crippen molar-refractivity contribution in [2.24, 2.45) is 0 Å². The lowest BCUT2D eigenvalue weighted by molar-refractivity contribution is 0.0933. The number of benzene rings is 1. The van der Waals surface area contributed by atoms with Gasteiger partial charge in [0, 0.05) is 5.56 Å². The monoisotopic (exact) mass is 290 g/mol. The Bertz CT molecular complexity index is 478. The first-order valence-corrected chi connectivity index (χ1v) is 7.88. The number of ether oxygens (including phenoxy) is 1. The van der Waals surface area contributed by atoms with Crippen LogP contribution in [0.2, 0.25) is 0 Å². The van der Waals surface area contributed by atoms with Crippen LogP contribution in [0.1, 0.15) is 49.9 Å². The molecule has 4 heteroatoms. The highest BCUT2D eigenvalue weighted by Crippen LogP contribution is 2.24. The van der Waals surface area contributed by atoms with Crippen molar-refractivity contribution in [2.75, 3.05) is 25.4 Å². The van der Waals surface area contributed by atoms with Gasteiger partial charge in [-0.05, 0) is 58.0 Å². The van der Waals surface area contributed by atoms with Crippen molar-refractivity contribution in [1.29, 1.82) is 0 Å². The maximum atomic E-state index is 12.4. The van der Waals surface area contributed by atoms with E-state index in [1.807, 2.05) is 19.9 Å². The van der Waals surface area contributed by atoms with Gasteiger partial charge >= 0.3 is 0 Å². The summed E-state index contributed by atoms with van der Waals surface area (Å²) in [5, 5.41) is 0. The first-order valence-electron chi connectivity index (χ1n) is 7.88. The molecular formula is C17H26N2O2. The number of hydrogen-bond donors (Lipinski definition) is 1. The fourth-order valence-corrected chi connectivity index (χ4v) is 2.67. The molecule has 0 radical (unpaired) electrons. The number of anilines is 1. The maximum Gasteiger partial charge on any atom is 0.176 e. The highest BCUT2D eigenvalue weighted by molar-refractivity contribution is 5.98.